The number of carbonyl (C=O) groups is 1. The van der Waals surface area contributed by atoms with Crippen molar-refractivity contribution in [3.8, 4) is 11.3 Å². The Balaban J connectivity index is 1.71. The van der Waals surface area contributed by atoms with Crippen LogP contribution in [0.25, 0.3) is 11.3 Å². The minimum absolute atomic E-state index is 0.112. The van der Waals surface area contributed by atoms with E-state index < -0.39 is 10.0 Å². The summed E-state index contributed by atoms with van der Waals surface area (Å²) in [6, 6.07) is 14.7. The Morgan fingerprint density at radius 2 is 1.79 bits per heavy atom. The van der Waals surface area contributed by atoms with E-state index in [1.165, 1.54) is 11.3 Å². The van der Waals surface area contributed by atoms with Crippen LogP contribution in [0.4, 0.5) is 11.4 Å². The van der Waals surface area contributed by atoms with Gasteiger partial charge in [-0.1, -0.05) is 24.3 Å². The molecule has 0 aliphatic heterocycles. The van der Waals surface area contributed by atoms with Crippen LogP contribution in [-0.2, 0) is 21.2 Å². The molecule has 0 fully saturated rings. The third kappa shape index (κ3) is 5.40. The first-order valence-electron chi connectivity index (χ1n) is 8.61. The molecule has 6 nitrogen and oxygen atoms in total. The molecule has 0 aliphatic carbocycles. The van der Waals surface area contributed by atoms with Crippen LogP contribution in [0.5, 0.6) is 0 Å². The summed E-state index contributed by atoms with van der Waals surface area (Å²) in [6.45, 7) is 3.93. The Bertz CT molecular complexity index is 1100. The van der Waals surface area contributed by atoms with Gasteiger partial charge in [0.1, 0.15) is 5.01 Å². The van der Waals surface area contributed by atoms with Gasteiger partial charge in [-0.3, -0.25) is 9.52 Å². The predicted molar refractivity (Wildman–Crippen MR) is 114 cm³/mol. The summed E-state index contributed by atoms with van der Waals surface area (Å²) in [4.78, 5) is 17.9. The molecule has 0 unspecified atom stereocenters. The minimum Gasteiger partial charge on any atom is -0.326 e. The molecule has 0 bridgehead atoms. The second-order valence-corrected chi connectivity index (χ2v) is 9.59. The quantitative estimate of drug-likeness (QED) is 0.637. The number of carbonyl (C=O) groups excluding carboxylic acids is 1. The zero-order valence-electron chi connectivity index (χ0n) is 15.8. The lowest BCUT2D eigenvalue weighted by molar-refractivity contribution is -0.115. The van der Waals surface area contributed by atoms with E-state index in [4.69, 9.17) is 0 Å². The number of nitrogens with zero attached hydrogens (tertiary/aromatic N) is 1. The molecule has 3 rings (SSSR count). The molecule has 2 aromatic carbocycles. The van der Waals surface area contributed by atoms with Crippen LogP contribution in [0.2, 0.25) is 0 Å². The predicted octanol–water partition coefficient (Wildman–Crippen LogP) is 3.98. The molecule has 0 radical (unpaired) electrons. The molecule has 1 heterocycles. The number of rotatable bonds is 6. The Morgan fingerprint density at radius 1 is 1.07 bits per heavy atom. The smallest absolute Gasteiger partial charge is 0.231 e. The van der Waals surface area contributed by atoms with Crippen LogP contribution >= 0.6 is 11.3 Å². The number of nitrogens with one attached hydrogen (secondary N) is 2. The summed E-state index contributed by atoms with van der Waals surface area (Å²) in [6.07, 6.45) is 1.31. The van der Waals surface area contributed by atoms with E-state index in [-0.39, 0.29) is 12.3 Å². The number of hydrogen-bond acceptors (Lipinski definition) is 5. The van der Waals surface area contributed by atoms with E-state index in [0.717, 1.165) is 38.6 Å². The fourth-order valence-electron chi connectivity index (χ4n) is 2.77. The molecule has 0 aliphatic rings. The van der Waals surface area contributed by atoms with Crippen LogP contribution in [0.15, 0.2) is 48.5 Å². The standard InChI is InChI=1S/C20H21N3O3S2/c1-13-5-4-6-17(11-13)21-18(24)12-19-22-20(14(2)27-19)15-7-9-16(10-8-15)23-28(3,25)26/h4-11,23H,12H2,1-3H3,(H,21,24). The summed E-state index contributed by atoms with van der Waals surface area (Å²) in [5, 5.41) is 3.62. The number of sulfonamides is 1. The van der Waals surface area contributed by atoms with Gasteiger partial charge in [0.25, 0.3) is 0 Å². The van der Waals surface area contributed by atoms with Gasteiger partial charge in [0.15, 0.2) is 0 Å². The molecule has 146 valence electrons. The molecule has 1 amide bonds. The van der Waals surface area contributed by atoms with Gasteiger partial charge in [0, 0.05) is 21.8 Å². The molecule has 2 N–H and O–H groups in total. The van der Waals surface area contributed by atoms with Gasteiger partial charge in [0.2, 0.25) is 15.9 Å². The van der Waals surface area contributed by atoms with Crippen molar-refractivity contribution in [1.29, 1.82) is 0 Å². The van der Waals surface area contributed by atoms with E-state index in [0.29, 0.717) is 5.69 Å². The van der Waals surface area contributed by atoms with Gasteiger partial charge in [-0.25, -0.2) is 13.4 Å². The van der Waals surface area contributed by atoms with Crippen molar-refractivity contribution in [3.05, 3.63) is 64.0 Å². The second kappa shape index (κ2) is 8.12. The highest BCUT2D eigenvalue weighted by molar-refractivity contribution is 7.92. The molecular formula is C20H21N3O3S2. The number of aryl methyl sites for hydroxylation is 2. The molecule has 1 aromatic heterocycles. The van der Waals surface area contributed by atoms with Crippen molar-refractivity contribution >= 4 is 38.6 Å². The average molecular weight is 416 g/mol. The lowest BCUT2D eigenvalue weighted by atomic mass is 10.1. The van der Waals surface area contributed by atoms with E-state index >= 15 is 0 Å². The molecule has 0 atom stereocenters. The maximum Gasteiger partial charge on any atom is 0.231 e. The molecular weight excluding hydrogens is 394 g/mol. The lowest BCUT2D eigenvalue weighted by Crippen LogP contribution is -2.14. The zero-order valence-corrected chi connectivity index (χ0v) is 17.4. The van der Waals surface area contributed by atoms with Crippen LogP contribution in [0.3, 0.4) is 0 Å². The molecule has 0 saturated carbocycles. The second-order valence-electron chi connectivity index (χ2n) is 6.56. The summed E-state index contributed by atoms with van der Waals surface area (Å²) in [5.74, 6) is -0.112. The van der Waals surface area contributed by atoms with Crippen LogP contribution < -0.4 is 10.0 Å². The van der Waals surface area contributed by atoms with Crippen molar-refractivity contribution < 1.29 is 13.2 Å². The third-order valence-electron chi connectivity index (χ3n) is 3.92. The first-order valence-corrected chi connectivity index (χ1v) is 11.3. The Hall–Kier alpha value is -2.71. The molecule has 3 aromatic rings. The maximum atomic E-state index is 12.3. The summed E-state index contributed by atoms with van der Waals surface area (Å²) < 4.78 is 25.0. The normalized spacial score (nSPS) is 11.2. The highest BCUT2D eigenvalue weighted by atomic mass is 32.2. The van der Waals surface area contributed by atoms with E-state index in [1.807, 2.05) is 50.2 Å². The van der Waals surface area contributed by atoms with Gasteiger partial charge in [-0.2, -0.15) is 0 Å². The molecule has 0 saturated heterocycles. The SMILES string of the molecule is Cc1cccc(NC(=O)Cc2nc(-c3ccc(NS(C)(=O)=O)cc3)c(C)s2)c1. The molecule has 8 heteroatoms. The van der Waals surface area contributed by atoms with Crippen molar-refractivity contribution in [2.75, 3.05) is 16.3 Å². The van der Waals surface area contributed by atoms with Crippen LogP contribution in [-0.4, -0.2) is 25.6 Å². The lowest BCUT2D eigenvalue weighted by Gasteiger charge is -2.05. The van der Waals surface area contributed by atoms with E-state index in [2.05, 4.69) is 15.0 Å². The van der Waals surface area contributed by atoms with Gasteiger partial charge >= 0.3 is 0 Å². The fraction of sp³-hybridized carbons (Fsp3) is 0.200. The third-order valence-corrected chi connectivity index (χ3v) is 5.49. The summed E-state index contributed by atoms with van der Waals surface area (Å²) in [7, 11) is -3.31. The summed E-state index contributed by atoms with van der Waals surface area (Å²) in [5.41, 5.74) is 4.02. The van der Waals surface area contributed by atoms with Crippen molar-refractivity contribution in [1.82, 2.24) is 4.98 Å². The first-order chi connectivity index (χ1) is 13.2. The zero-order chi connectivity index (χ0) is 20.3. The highest BCUT2D eigenvalue weighted by Crippen LogP contribution is 2.29. The summed E-state index contributed by atoms with van der Waals surface area (Å²) >= 11 is 1.48. The fourth-order valence-corrected chi connectivity index (χ4v) is 4.29. The topological polar surface area (TPSA) is 88.2 Å². The minimum atomic E-state index is -3.31. The Morgan fingerprint density at radius 3 is 2.43 bits per heavy atom. The number of thiazole rings is 1. The number of amides is 1. The van der Waals surface area contributed by atoms with Gasteiger partial charge in [-0.15, -0.1) is 11.3 Å². The highest BCUT2D eigenvalue weighted by Gasteiger charge is 2.13. The number of benzene rings is 2. The number of anilines is 2. The van der Waals surface area contributed by atoms with Gasteiger partial charge < -0.3 is 5.32 Å². The Labute approximate surface area is 168 Å². The number of hydrogen-bond donors (Lipinski definition) is 2. The molecule has 0 spiro atoms. The van der Waals surface area contributed by atoms with Gasteiger partial charge in [-0.05, 0) is 43.7 Å². The number of aromatic nitrogens is 1. The molecule has 28 heavy (non-hydrogen) atoms. The monoisotopic (exact) mass is 415 g/mol. The van der Waals surface area contributed by atoms with Crippen molar-refractivity contribution in [3.63, 3.8) is 0 Å². The largest absolute Gasteiger partial charge is 0.326 e. The van der Waals surface area contributed by atoms with E-state index in [1.54, 1.807) is 12.1 Å². The van der Waals surface area contributed by atoms with Crippen molar-refractivity contribution in [2.24, 2.45) is 0 Å². The first kappa shape index (κ1) is 20.0. The van der Waals surface area contributed by atoms with Crippen LogP contribution in [0, 0.1) is 13.8 Å². The van der Waals surface area contributed by atoms with Crippen molar-refractivity contribution in [2.45, 2.75) is 20.3 Å². The maximum absolute atomic E-state index is 12.3. The average Bonchev–Trinajstić information content (AvgIpc) is 2.94. The Kier molecular flexibility index (Phi) is 5.81. The van der Waals surface area contributed by atoms with Crippen LogP contribution in [0.1, 0.15) is 15.4 Å². The van der Waals surface area contributed by atoms with E-state index in [9.17, 15) is 13.2 Å². The van der Waals surface area contributed by atoms with Gasteiger partial charge in [0.05, 0.1) is 18.4 Å².